The standard InChI is InChI=1S/C11H11ClF3NO2.ClH/c1-18-10(17)5-9(16)7-4-6(11(13,14)15)2-3-8(7)12;/h2-4,9H,5,16H2,1H3;1H/t9-;/m0./s1. The Morgan fingerprint density at radius 2 is 2.05 bits per heavy atom. The first-order valence-corrected chi connectivity index (χ1v) is 5.32. The lowest BCUT2D eigenvalue weighted by molar-refractivity contribution is -0.141. The number of hydrogen-bond acceptors (Lipinski definition) is 3. The maximum absolute atomic E-state index is 12.5. The van der Waals surface area contributed by atoms with Crippen LogP contribution in [-0.4, -0.2) is 13.1 Å². The summed E-state index contributed by atoms with van der Waals surface area (Å²) in [4.78, 5) is 11.0. The van der Waals surface area contributed by atoms with Crippen molar-refractivity contribution in [2.75, 3.05) is 7.11 Å². The molecule has 3 nitrogen and oxygen atoms in total. The summed E-state index contributed by atoms with van der Waals surface area (Å²) in [6.45, 7) is 0. The molecule has 1 aromatic carbocycles. The molecular weight excluding hydrogens is 306 g/mol. The molecule has 1 atom stereocenters. The Hall–Kier alpha value is -0.980. The summed E-state index contributed by atoms with van der Waals surface area (Å²) >= 11 is 5.77. The van der Waals surface area contributed by atoms with Crippen LogP contribution in [0.1, 0.15) is 23.6 Å². The largest absolute Gasteiger partial charge is 0.469 e. The molecule has 2 N–H and O–H groups in total. The Kier molecular flexibility index (Phi) is 6.62. The molecule has 0 aliphatic heterocycles. The van der Waals surface area contributed by atoms with E-state index in [-0.39, 0.29) is 29.4 Å². The number of esters is 1. The van der Waals surface area contributed by atoms with Crippen molar-refractivity contribution in [1.82, 2.24) is 0 Å². The van der Waals surface area contributed by atoms with Gasteiger partial charge in [0.1, 0.15) is 0 Å². The number of methoxy groups -OCH3 is 1. The zero-order chi connectivity index (χ0) is 13.9. The average molecular weight is 318 g/mol. The number of nitrogens with two attached hydrogens (primary N) is 1. The van der Waals surface area contributed by atoms with E-state index in [4.69, 9.17) is 17.3 Å². The molecule has 1 aromatic rings. The monoisotopic (exact) mass is 317 g/mol. The minimum absolute atomic E-state index is 0. The molecule has 0 fully saturated rings. The summed E-state index contributed by atoms with van der Waals surface area (Å²) in [6.07, 6.45) is -4.72. The van der Waals surface area contributed by atoms with Gasteiger partial charge in [0.05, 0.1) is 19.1 Å². The summed E-state index contributed by atoms with van der Waals surface area (Å²) in [5, 5.41) is 0.0828. The third kappa shape index (κ3) is 4.89. The number of rotatable bonds is 3. The number of carbonyl (C=O) groups is 1. The molecule has 0 spiro atoms. The van der Waals surface area contributed by atoms with E-state index in [9.17, 15) is 18.0 Å². The van der Waals surface area contributed by atoms with Gasteiger partial charge in [-0.05, 0) is 23.8 Å². The lowest BCUT2D eigenvalue weighted by atomic mass is 10.0. The van der Waals surface area contributed by atoms with Gasteiger partial charge in [0, 0.05) is 11.1 Å². The van der Waals surface area contributed by atoms with Gasteiger partial charge in [-0.25, -0.2) is 0 Å². The Morgan fingerprint density at radius 1 is 1.47 bits per heavy atom. The third-order valence-electron chi connectivity index (χ3n) is 2.34. The summed E-state index contributed by atoms with van der Waals surface area (Å²) < 4.78 is 41.9. The second-order valence-corrected chi connectivity index (χ2v) is 4.03. The summed E-state index contributed by atoms with van der Waals surface area (Å²) in [7, 11) is 1.17. The van der Waals surface area contributed by atoms with Crippen molar-refractivity contribution in [2.45, 2.75) is 18.6 Å². The normalized spacial score (nSPS) is 12.5. The van der Waals surface area contributed by atoms with Gasteiger partial charge in [0.2, 0.25) is 0 Å². The molecule has 108 valence electrons. The van der Waals surface area contributed by atoms with E-state index >= 15 is 0 Å². The Morgan fingerprint density at radius 3 is 2.53 bits per heavy atom. The smallest absolute Gasteiger partial charge is 0.416 e. The molecule has 0 radical (unpaired) electrons. The molecule has 0 aliphatic rings. The Balaban J connectivity index is 0.00000324. The van der Waals surface area contributed by atoms with Crippen LogP contribution in [0.25, 0.3) is 0 Å². The molecule has 19 heavy (non-hydrogen) atoms. The van der Waals surface area contributed by atoms with Crippen molar-refractivity contribution in [3.8, 4) is 0 Å². The van der Waals surface area contributed by atoms with Gasteiger partial charge in [-0.1, -0.05) is 11.6 Å². The van der Waals surface area contributed by atoms with Crippen molar-refractivity contribution in [2.24, 2.45) is 5.73 Å². The lowest BCUT2D eigenvalue weighted by Gasteiger charge is -2.15. The molecule has 0 aliphatic carbocycles. The summed E-state index contributed by atoms with van der Waals surface area (Å²) in [5.74, 6) is -0.615. The maximum Gasteiger partial charge on any atom is 0.416 e. The first kappa shape index (κ1) is 18.0. The van der Waals surface area contributed by atoms with Crippen LogP contribution in [0.4, 0.5) is 13.2 Å². The molecular formula is C11H12Cl2F3NO2. The van der Waals surface area contributed by atoms with Crippen molar-refractivity contribution in [3.05, 3.63) is 34.3 Å². The molecule has 1 rings (SSSR count). The average Bonchev–Trinajstić information content (AvgIpc) is 2.27. The summed E-state index contributed by atoms with van der Waals surface area (Å²) in [6, 6.07) is 1.87. The molecule has 0 saturated heterocycles. The van der Waals surface area contributed by atoms with E-state index in [2.05, 4.69) is 4.74 Å². The maximum atomic E-state index is 12.5. The van der Waals surface area contributed by atoms with Crippen LogP contribution >= 0.6 is 24.0 Å². The molecule has 0 saturated carbocycles. The van der Waals surface area contributed by atoms with Crippen LogP contribution in [-0.2, 0) is 15.7 Å². The lowest BCUT2D eigenvalue weighted by Crippen LogP contribution is -2.17. The van der Waals surface area contributed by atoms with Gasteiger partial charge in [-0.3, -0.25) is 4.79 Å². The van der Waals surface area contributed by atoms with E-state index in [1.165, 1.54) is 7.11 Å². The van der Waals surface area contributed by atoms with Crippen LogP contribution in [0.2, 0.25) is 5.02 Å². The molecule has 0 unspecified atom stereocenters. The fourth-order valence-electron chi connectivity index (χ4n) is 1.38. The highest BCUT2D eigenvalue weighted by Gasteiger charge is 2.31. The highest BCUT2D eigenvalue weighted by atomic mass is 35.5. The van der Waals surface area contributed by atoms with Gasteiger partial charge < -0.3 is 10.5 Å². The third-order valence-corrected chi connectivity index (χ3v) is 2.68. The zero-order valence-corrected chi connectivity index (χ0v) is 11.4. The van der Waals surface area contributed by atoms with Gasteiger partial charge in [-0.2, -0.15) is 13.2 Å². The van der Waals surface area contributed by atoms with Gasteiger partial charge >= 0.3 is 12.1 Å². The van der Waals surface area contributed by atoms with Crippen LogP contribution in [0, 0.1) is 0 Å². The number of carbonyl (C=O) groups excluding carboxylic acids is 1. The second kappa shape index (κ2) is 6.98. The number of hydrogen-bond donors (Lipinski definition) is 1. The minimum Gasteiger partial charge on any atom is -0.469 e. The minimum atomic E-state index is -4.48. The van der Waals surface area contributed by atoms with Crippen molar-refractivity contribution in [1.29, 1.82) is 0 Å². The fraction of sp³-hybridized carbons (Fsp3) is 0.364. The molecule has 0 heterocycles. The van der Waals surface area contributed by atoms with E-state index < -0.39 is 23.8 Å². The van der Waals surface area contributed by atoms with Crippen LogP contribution in [0.15, 0.2) is 18.2 Å². The van der Waals surface area contributed by atoms with Crippen LogP contribution in [0.5, 0.6) is 0 Å². The fourth-order valence-corrected chi connectivity index (χ4v) is 1.63. The van der Waals surface area contributed by atoms with Gasteiger partial charge in [-0.15, -0.1) is 12.4 Å². The SMILES string of the molecule is COC(=O)C[C@H](N)c1cc(C(F)(F)F)ccc1Cl.Cl. The predicted octanol–water partition coefficient (Wildman–Crippen LogP) is 3.34. The first-order chi connectivity index (χ1) is 8.25. The van der Waals surface area contributed by atoms with E-state index in [1.54, 1.807) is 0 Å². The van der Waals surface area contributed by atoms with Crippen molar-refractivity contribution >= 4 is 30.0 Å². The summed E-state index contributed by atoms with van der Waals surface area (Å²) in [5.41, 5.74) is 4.84. The second-order valence-electron chi connectivity index (χ2n) is 3.62. The predicted molar refractivity (Wildman–Crippen MR) is 67.3 cm³/mol. The van der Waals surface area contributed by atoms with Crippen LogP contribution < -0.4 is 5.73 Å². The highest BCUT2D eigenvalue weighted by molar-refractivity contribution is 6.31. The van der Waals surface area contributed by atoms with E-state index in [0.717, 1.165) is 18.2 Å². The molecule has 0 amide bonds. The highest BCUT2D eigenvalue weighted by Crippen LogP contribution is 2.33. The molecule has 8 heteroatoms. The van der Waals surface area contributed by atoms with Crippen LogP contribution in [0.3, 0.4) is 0 Å². The number of ether oxygens (including phenoxy) is 1. The molecule has 0 bridgehead atoms. The number of halogens is 5. The van der Waals surface area contributed by atoms with Crippen molar-refractivity contribution < 1.29 is 22.7 Å². The Bertz CT molecular complexity index is 452. The van der Waals surface area contributed by atoms with Gasteiger partial charge in [0.25, 0.3) is 0 Å². The van der Waals surface area contributed by atoms with Crippen molar-refractivity contribution in [3.63, 3.8) is 0 Å². The first-order valence-electron chi connectivity index (χ1n) is 4.94. The quantitative estimate of drug-likeness (QED) is 0.870. The van der Waals surface area contributed by atoms with Gasteiger partial charge in [0.15, 0.2) is 0 Å². The Labute approximate surface area is 119 Å². The van der Waals surface area contributed by atoms with E-state index in [0.29, 0.717) is 0 Å². The molecule has 0 aromatic heterocycles. The topological polar surface area (TPSA) is 52.3 Å². The van der Waals surface area contributed by atoms with E-state index in [1.807, 2.05) is 0 Å². The number of benzene rings is 1. The number of alkyl halides is 3. The zero-order valence-electron chi connectivity index (χ0n) is 9.83.